The zero-order valence-corrected chi connectivity index (χ0v) is 49.9. The molecule has 0 radical (unpaired) electrons. The molecule has 0 aromatic heterocycles. The normalized spacial score (nSPS) is 13.0. The second-order valence-electron chi connectivity index (χ2n) is 20.6. The Hall–Kier alpha value is -4.45. The Morgan fingerprint density at radius 1 is 0.273 bits per heavy atom. The van der Waals surface area contributed by atoms with Gasteiger partial charge in [-0.05, 0) is 122 Å². The maximum Gasteiger partial charge on any atom is 0.306 e. The van der Waals surface area contributed by atoms with Crippen molar-refractivity contribution in [2.75, 3.05) is 13.2 Å². The van der Waals surface area contributed by atoms with Crippen molar-refractivity contribution < 1.29 is 28.6 Å². The van der Waals surface area contributed by atoms with Gasteiger partial charge in [-0.1, -0.05) is 270 Å². The molecule has 1 unspecified atom stereocenters. The fourth-order valence-electron chi connectivity index (χ4n) is 8.41. The minimum absolute atomic E-state index is 0.0891. The minimum Gasteiger partial charge on any atom is -0.462 e. The van der Waals surface area contributed by atoms with Crippen molar-refractivity contribution in [2.24, 2.45) is 0 Å². The lowest BCUT2D eigenvalue weighted by Crippen LogP contribution is -2.30. The van der Waals surface area contributed by atoms with E-state index in [1.54, 1.807) is 0 Å². The van der Waals surface area contributed by atoms with Crippen LogP contribution >= 0.6 is 0 Å². The summed E-state index contributed by atoms with van der Waals surface area (Å²) in [5.74, 6) is -0.928. The molecule has 436 valence electrons. The Morgan fingerprint density at radius 3 is 0.792 bits per heavy atom. The first-order valence-corrected chi connectivity index (χ1v) is 31.7. The lowest BCUT2D eigenvalue weighted by atomic mass is 10.1. The molecular weight excluding hydrogens is 949 g/mol. The molecule has 6 nitrogen and oxygen atoms in total. The Labute approximate surface area is 475 Å². The van der Waals surface area contributed by atoms with E-state index >= 15 is 0 Å². The van der Waals surface area contributed by atoms with Gasteiger partial charge in [0.2, 0.25) is 0 Å². The van der Waals surface area contributed by atoms with Gasteiger partial charge in [0, 0.05) is 19.3 Å². The molecule has 0 aliphatic rings. The average Bonchev–Trinajstić information content (AvgIpc) is 3.43. The number of unbranched alkanes of at least 4 members (excludes halogenated alkanes) is 23. The van der Waals surface area contributed by atoms with Crippen LogP contribution in [0.3, 0.4) is 0 Å². The smallest absolute Gasteiger partial charge is 0.306 e. The van der Waals surface area contributed by atoms with Crippen molar-refractivity contribution in [3.8, 4) is 0 Å². The van der Waals surface area contributed by atoms with Crippen LogP contribution in [-0.4, -0.2) is 37.2 Å². The Kier molecular flexibility index (Phi) is 60.4. The lowest BCUT2D eigenvalue weighted by Gasteiger charge is -2.18. The van der Waals surface area contributed by atoms with Crippen LogP contribution in [0.2, 0.25) is 0 Å². The predicted molar refractivity (Wildman–Crippen MR) is 334 cm³/mol. The Balaban J connectivity index is 4.14. The second kappa shape index (κ2) is 64.1. The standard InChI is InChI=1S/C71H116O6/c1-4-7-10-13-15-17-19-21-23-25-27-29-30-31-32-33-34-35-36-37-38-39-40-42-43-45-47-49-51-53-55-58-61-64-70(73)76-67-68(66-75-69(72)63-60-57-12-9-6-3)77-71(74)65-62-59-56-54-52-50-48-46-44-41-28-26-24-22-20-18-16-14-11-8-5-2/h7,10,15,17,20-23,26-29,31-32,34-35,37-38,40,42,45,47,68H,4-6,8-9,11-14,16,18-19,24-25,30,33,36,39,41,43-44,46,48-67H2,1-3H3/b10-7-,17-15-,22-20-,23-21-,28-26-,29-27-,32-31-,35-34-,38-37-,42-40-,47-45-. The largest absolute Gasteiger partial charge is 0.462 e. The third kappa shape index (κ3) is 62.3. The third-order valence-corrected chi connectivity index (χ3v) is 13.1. The molecule has 6 heteroatoms. The van der Waals surface area contributed by atoms with Gasteiger partial charge in [-0.25, -0.2) is 0 Å². The van der Waals surface area contributed by atoms with E-state index in [0.29, 0.717) is 19.3 Å². The van der Waals surface area contributed by atoms with E-state index in [2.05, 4.69) is 154 Å². The molecule has 77 heavy (non-hydrogen) atoms. The summed E-state index contributed by atoms with van der Waals surface area (Å²) in [4.78, 5) is 37.9. The summed E-state index contributed by atoms with van der Waals surface area (Å²) in [6, 6.07) is 0. The summed E-state index contributed by atoms with van der Waals surface area (Å²) in [5.41, 5.74) is 0. The van der Waals surface area contributed by atoms with Crippen molar-refractivity contribution >= 4 is 17.9 Å². The van der Waals surface area contributed by atoms with E-state index in [0.717, 1.165) is 154 Å². The highest BCUT2D eigenvalue weighted by Crippen LogP contribution is 2.15. The summed E-state index contributed by atoms with van der Waals surface area (Å²) >= 11 is 0. The topological polar surface area (TPSA) is 78.9 Å². The van der Waals surface area contributed by atoms with Gasteiger partial charge in [0.1, 0.15) is 13.2 Å². The van der Waals surface area contributed by atoms with Gasteiger partial charge in [0.25, 0.3) is 0 Å². The van der Waals surface area contributed by atoms with Crippen LogP contribution in [0.1, 0.15) is 278 Å². The van der Waals surface area contributed by atoms with Gasteiger partial charge in [-0.3, -0.25) is 14.4 Å². The molecule has 0 spiro atoms. The van der Waals surface area contributed by atoms with Crippen LogP contribution in [0.15, 0.2) is 134 Å². The molecule has 0 amide bonds. The van der Waals surface area contributed by atoms with Crippen molar-refractivity contribution in [1.82, 2.24) is 0 Å². The molecule has 0 saturated carbocycles. The summed E-state index contributed by atoms with van der Waals surface area (Å²) in [6.07, 6.45) is 90.7. The molecule has 0 aliphatic carbocycles. The van der Waals surface area contributed by atoms with E-state index < -0.39 is 6.10 Å². The fourth-order valence-corrected chi connectivity index (χ4v) is 8.41. The molecule has 0 rings (SSSR count). The fraction of sp³-hybridized carbons (Fsp3) is 0.648. The van der Waals surface area contributed by atoms with Gasteiger partial charge in [-0.15, -0.1) is 0 Å². The van der Waals surface area contributed by atoms with E-state index in [9.17, 15) is 14.4 Å². The van der Waals surface area contributed by atoms with Crippen molar-refractivity contribution in [1.29, 1.82) is 0 Å². The molecule has 0 aromatic carbocycles. The minimum atomic E-state index is -0.789. The zero-order chi connectivity index (χ0) is 55.7. The third-order valence-electron chi connectivity index (χ3n) is 13.1. The predicted octanol–water partition coefficient (Wildman–Crippen LogP) is 21.8. The molecule has 0 aliphatic heterocycles. The van der Waals surface area contributed by atoms with Gasteiger partial charge in [-0.2, -0.15) is 0 Å². The number of carbonyl (C=O) groups is 3. The van der Waals surface area contributed by atoms with Crippen LogP contribution in [-0.2, 0) is 28.6 Å². The summed E-state index contributed by atoms with van der Waals surface area (Å²) in [5, 5.41) is 0. The number of rotatable bonds is 56. The van der Waals surface area contributed by atoms with Crippen molar-refractivity contribution in [2.45, 2.75) is 284 Å². The zero-order valence-electron chi connectivity index (χ0n) is 49.9. The molecule has 1 atom stereocenters. The molecule has 0 fully saturated rings. The highest BCUT2D eigenvalue weighted by Gasteiger charge is 2.19. The number of esters is 3. The van der Waals surface area contributed by atoms with E-state index in [4.69, 9.17) is 14.2 Å². The summed E-state index contributed by atoms with van der Waals surface area (Å²) in [6.45, 7) is 6.41. The van der Waals surface area contributed by atoms with Gasteiger partial charge < -0.3 is 14.2 Å². The van der Waals surface area contributed by atoms with Gasteiger partial charge in [0.05, 0.1) is 0 Å². The van der Waals surface area contributed by atoms with E-state index in [1.165, 1.54) is 83.5 Å². The van der Waals surface area contributed by atoms with Crippen molar-refractivity contribution in [3.05, 3.63) is 134 Å². The first-order chi connectivity index (χ1) is 38.0. The van der Waals surface area contributed by atoms with Crippen LogP contribution < -0.4 is 0 Å². The van der Waals surface area contributed by atoms with Crippen LogP contribution in [0, 0.1) is 0 Å². The maximum atomic E-state index is 12.8. The monoisotopic (exact) mass is 1060 g/mol. The van der Waals surface area contributed by atoms with Crippen LogP contribution in [0.25, 0.3) is 0 Å². The quantitative estimate of drug-likeness (QED) is 0.0261. The number of carbonyl (C=O) groups excluding carboxylic acids is 3. The number of allylic oxidation sites excluding steroid dienone is 22. The van der Waals surface area contributed by atoms with Crippen molar-refractivity contribution in [3.63, 3.8) is 0 Å². The van der Waals surface area contributed by atoms with Crippen LogP contribution in [0.4, 0.5) is 0 Å². The molecule has 0 bridgehead atoms. The molecule has 0 aromatic rings. The Morgan fingerprint density at radius 2 is 0.506 bits per heavy atom. The number of hydrogen-bond donors (Lipinski definition) is 0. The van der Waals surface area contributed by atoms with Gasteiger partial charge >= 0.3 is 17.9 Å². The molecular formula is C71H116O6. The van der Waals surface area contributed by atoms with Gasteiger partial charge in [0.15, 0.2) is 6.10 Å². The first kappa shape index (κ1) is 72.5. The molecule has 0 saturated heterocycles. The molecule has 0 N–H and O–H groups in total. The SMILES string of the molecule is CC/C=C\C/C=C\C/C=C\C/C=C\C/C=C\C/C=C\C/C=C\C/C=C\C/C=C\CCCCCCCC(=O)OCC(COC(=O)CCCCCCC)OC(=O)CCCCCCCCCCC/C=C\C/C=C\CCCCCCC. The number of ether oxygens (including phenoxy) is 3. The lowest BCUT2D eigenvalue weighted by molar-refractivity contribution is -0.167. The molecule has 0 heterocycles. The highest BCUT2D eigenvalue weighted by molar-refractivity contribution is 5.71. The van der Waals surface area contributed by atoms with E-state index in [1.807, 2.05) is 0 Å². The number of hydrogen-bond acceptors (Lipinski definition) is 6. The van der Waals surface area contributed by atoms with Crippen LogP contribution in [0.5, 0.6) is 0 Å². The summed E-state index contributed by atoms with van der Waals surface area (Å²) in [7, 11) is 0. The highest BCUT2D eigenvalue weighted by atomic mass is 16.6. The second-order valence-corrected chi connectivity index (χ2v) is 20.6. The van der Waals surface area contributed by atoms with E-state index in [-0.39, 0.29) is 31.1 Å². The maximum absolute atomic E-state index is 12.8. The first-order valence-electron chi connectivity index (χ1n) is 31.7. The summed E-state index contributed by atoms with van der Waals surface area (Å²) < 4.78 is 16.7. The average molecular weight is 1070 g/mol. The Bertz CT molecular complexity index is 1650.